The lowest BCUT2D eigenvalue weighted by atomic mass is 10.2. The van der Waals surface area contributed by atoms with Crippen molar-refractivity contribution >= 4 is 86.6 Å². The molecule has 0 radical (unpaired) electrons. The number of anilines is 3. The zero-order valence-corrected chi connectivity index (χ0v) is 35.5. The SMILES string of the molecule is N#CNC(=Nc1ccccc1Cl)Nc1ccc([N+](=O)[O-])cc1O.N#CNC(=Nc1ccccc1Cl)Nc1ccc([N+](=O)[O-])cc1O.N#Cc1ccc(N(C#N)C(N)=Nc2ccccc2)c(O)c1. The van der Waals surface area contributed by atoms with Gasteiger partial charge in [0.1, 0.15) is 22.9 Å². The number of para-hydroxylation sites is 3. The molecule has 0 fully saturated rings. The largest absolute Gasteiger partial charge is 0.506 e. The van der Waals surface area contributed by atoms with Crippen LogP contribution in [0.15, 0.2) is 148 Å². The van der Waals surface area contributed by atoms with Gasteiger partial charge in [0, 0.05) is 12.1 Å². The van der Waals surface area contributed by atoms with E-state index in [9.17, 15) is 40.8 Å². The molecule has 0 aromatic heterocycles. The molecule has 22 nitrogen and oxygen atoms in total. The molecule has 6 rings (SSSR count). The second-order valence-corrected chi connectivity index (χ2v) is 13.3. The van der Waals surface area contributed by atoms with Crippen LogP contribution < -0.4 is 31.9 Å². The number of non-ortho nitro benzene ring substituents is 2. The maximum atomic E-state index is 10.6. The van der Waals surface area contributed by atoms with E-state index in [-0.39, 0.29) is 69.1 Å². The standard InChI is InChI=1S/C15H11N5O.2C14H10ClN5O3/c16-9-11-6-7-13(14(21)8-11)20(10-17)15(18)19-12-4-2-1-3-5-12;2*15-10-3-1-2-4-11(10)18-14(17-8-16)19-12-6-5-9(20(22)23)7-13(12)21/h1-8,21H,(H2,18,19);2*1-7,21H,(H2,17,18,19). The van der Waals surface area contributed by atoms with E-state index < -0.39 is 9.85 Å². The van der Waals surface area contributed by atoms with E-state index in [0.717, 1.165) is 17.0 Å². The number of aromatic hydroxyl groups is 3. The average Bonchev–Trinajstić information content (AvgIpc) is 3.30. The number of halogens is 2. The van der Waals surface area contributed by atoms with Gasteiger partial charge in [-0.25, -0.2) is 19.9 Å². The van der Waals surface area contributed by atoms with Crippen LogP contribution in [0.3, 0.4) is 0 Å². The van der Waals surface area contributed by atoms with Crippen LogP contribution in [0.1, 0.15) is 5.56 Å². The van der Waals surface area contributed by atoms with Crippen molar-refractivity contribution < 1.29 is 25.2 Å². The van der Waals surface area contributed by atoms with Crippen molar-refractivity contribution in [3.05, 3.63) is 169 Å². The quantitative estimate of drug-likeness (QED) is 0.0135. The first kappa shape index (κ1) is 49.5. The highest BCUT2D eigenvalue weighted by molar-refractivity contribution is 6.33. The van der Waals surface area contributed by atoms with Crippen LogP contribution in [0.25, 0.3) is 0 Å². The minimum Gasteiger partial charge on any atom is -0.506 e. The van der Waals surface area contributed by atoms with Gasteiger partial charge in [-0.1, -0.05) is 65.7 Å². The van der Waals surface area contributed by atoms with Crippen molar-refractivity contribution in [3.63, 3.8) is 0 Å². The van der Waals surface area contributed by atoms with Crippen molar-refractivity contribution in [2.24, 2.45) is 20.7 Å². The number of rotatable bonds is 8. The Labute approximate surface area is 389 Å². The van der Waals surface area contributed by atoms with Gasteiger partial charge < -0.3 is 31.7 Å². The zero-order chi connectivity index (χ0) is 48.9. The molecule has 0 bridgehead atoms. The lowest BCUT2D eigenvalue weighted by molar-refractivity contribution is -0.385. The predicted octanol–water partition coefficient (Wildman–Crippen LogP) is 8.45. The maximum Gasteiger partial charge on any atom is 0.273 e. The maximum absolute atomic E-state index is 10.6. The van der Waals surface area contributed by atoms with Crippen molar-refractivity contribution in [2.45, 2.75) is 0 Å². The molecule has 0 saturated carbocycles. The Balaban J connectivity index is 0.000000220. The number of guanidine groups is 3. The molecule has 0 saturated heterocycles. The van der Waals surface area contributed by atoms with Crippen LogP contribution in [-0.2, 0) is 0 Å². The van der Waals surface area contributed by atoms with Crippen molar-refractivity contribution in [1.82, 2.24) is 10.6 Å². The number of phenolic OH excluding ortho intramolecular Hbond substituents is 3. The van der Waals surface area contributed by atoms with Crippen LogP contribution in [-0.4, -0.2) is 43.0 Å². The molecule has 0 atom stereocenters. The van der Waals surface area contributed by atoms with Crippen molar-refractivity contribution in [3.8, 4) is 41.9 Å². The summed E-state index contributed by atoms with van der Waals surface area (Å²) in [5.74, 6) is -1.00. The molecule has 67 heavy (non-hydrogen) atoms. The van der Waals surface area contributed by atoms with Gasteiger partial charge >= 0.3 is 0 Å². The Hall–Kier alpha value is -10.1. The smallest absolute Gasteiger partial charge is 0.273 e. The first-order valence-electron chi connectivity index (χ1n) is 18.5. The third kappa shape index (κ3) is 14.7. The molecule has 0 heterocycles. The number of nitro groups is 2. The van der Waals surface area contributed by atoms with Crippen LogP contribution in [0, 0.1) is 65.9 Å². The summed E-state index contributed by atoms with van der Waals surface area (Å²) in [6.45, 7) is 0. The van der Waals surface area contributed by atoms with E-state index >= 15 is 0 Å². The van der Waals surface area contributed by atoms with E-state index in [1.165, 1.54) is 42.5 Å². The second kappa shape index (κ2) is 24.5. The van der Waals surface area contributed by atoms with E-state index in [2.05, 4.69) is 36.2 Å². The summed E-state index contributed by atoms with van der Waals surface area (Å²) < 4.78 is 0. The molecule has 24 heteroatoms. The van der Waals surface area contributed by atoms with Gasteiger partial charge in [-0.15, -0.1) is 0 Å². The Morgan fingerprint density at radius 2 is 1.07 bits per heavy atom. The molecule has 6 aromatic carbocycles. The summed E-state index contributed by atoms with van der Waals surface area (Å²) in [5, 5.41) is 97.1. The van der Waals surface area contributed by atoms with E-state index in [1.54, 1.807) is 85.2 Å². The number of nitro benzene ring substituents is 2. The Bertz CT molecular complexity index is 2900. The van der Waals surface area contributed by atoms with Gasteiger partial charge in [-0.3, -0.25) is 30.9 Å². The molecule has 9 N–H and O–H groups in total. The topological polar surface area (TPSA) is 357 Å². The number of nitrogens with two attached hydrogens (primary N) is 1. The van der Waals surface area contributed by atoms with Gasteiger partial charge in [0.25, 0.3) is 11.4 Å². The fourth-order valence-corrected chi connectivity index (χ4v) is 5.39. The van der Waals surface area contributed by atoms with Crippen LogP contribution >= 0.6 is 23.2 Å². The third-order valence-electron chi connectivity index (χ3n) is 8.08. The lowest BCUT2D eigenvalue weighted by Crippen LogP contribution is -2.33. The van der Waals surface area contributed by atoms with Crippen LogP contribution in [0.2, 0.25) is 10.0 Å². The summed E-state index contributed by atoms with van der Waals surface area (Å²) in [6.07, 6.45) is 5.25. The molecule has 0 aliphatic rings. The first-order valence-corrected chi connectivity index (χ1v) is 19.2. The summed E-state index contributed by atoms with van der Waals surface area (Å²) in [5.41, 5.74) is 7.42. The van der Waals surface area contributed by atoms with Gasteiger partial charge in [0.05, 0.1) is 72.1 Å². The van der Waals surface area contributed by atoms with Gasteiger partial charge in [-0.05, 0) is 66.7 Å². The number of nitriles is 4. The van der Waals surface area contributed by atoms with Crippen molar-refractivity contribution in [1.29, 1.82) is 21.0 Å². The number of nitrogens with zero attached hydrogens (tertiary/aromatic N) is 10. The Morgan fingerprint density at radius 3 is 1.46 bits per heavy atom. The van der Waals surface area contributed by atoms with Gasteiger partial charge in [-0.2, -0.15) is 21.0 Å². The number of hydrogen-bond acceptors (Lipinski definition) is 14. The fourth-order valence-electron chi connectivity index (χ4n) is 5.04. The van der Waals surface area contributed by atoms with Crippen LogP contribution in [0.5, 0.6) is 17.2 Å². The molecular weight excluding hydrogens is 909 g/mol. The first-order chi connectivity index (χ1) is 32.2. The number of phenols is 3. The van der Waals surface area contributed by atoms with Gasteiger partial charge in [0.15, 0.2) is 18.6 Å². The summed E-state index contributed by atoms with van der Waals surface area (Å²) in [7, 11) is 0. The van der Waals surface area contributed by atoms with Gasteiger partial charge in [0.2, 0.25) is 17.9 Å². The van der Waals surface area contributed by atoms with Crippen molar-refractivity contribution in [2.75, 3.05) is 15.5 Å². The van der Waals surface area contributed by atoms with E-state index in [0.29, 0.717) is 27.1 Å². The number of benzene rings is 6. The number of aliphatic imine (C=N–C) groups is 3. The highest BCUT2D eigenvalue weighted by atomic mass is 35.5. The molecule has 0 unspecified atom stereocenters. The molecule has 334 valence electrons. The van der Waals surface area contributed by atoms with E-state index in [1.807, 2.05) is 18.3 Å². The highest BCUT2D eigenvalue weighted by Gasteiger charge is 2.16. The summed E-state index contributed by atoms with van der Waals surface area (Å²) in [4.78, 5) is 33.4. The minimum atomic E-state index is -0.629. The molecule has 0 aliphatic carbocycles. The number of hydrogen-bond donors (Lipinski definition) is 8. The lowest BCUT2D eigenvalue weighted by Gasteiger charge is -2.15. The summed E-state index contributed by atoms with van der Waals surface area (Å²) >= 11 is 12.0. The Morgan fingerprint density at radius 1 is 0.612 bits per heavy atom. The highest BCUT2D eigenvalue weighted by Crippen LogP contribution is 2.31. The second-order valence-electron chi connectivity index (χ2n) is 12.5. The average molecular weight is 941 g/mol. The zero-order valence-electron chi connectivity index (χ0n) is 34.0. The molecule has 6 aromatic rings. The summed E-state index contributed by atoms with van der Waals surface area (Å²) in [6, 6.07) is 35.4. The monoisotopic (exact) mass is 939 g/mol. The third-order valence-corrected chi connectivity index (χ3v) is 8.72. The molecule has 0 spiro atoms. The molecular formula is C43H31Cl2N15O7. The van der Waals surface area contributed by atoms with E-state index in [4.69, 9.17) is 44.7 Å². The minimum absolute atomic E-state index is 0.00440. The number of nitrogens with one attached hydrogen (secondary N) is 4. The molecule has 0 aliphatic heterocycles. The van der Waals surface area contributed by atoms with Crippen LogP contribution in [0.4, 0.5) is 45.5 Å². The predicted molar refractivity (Wildman–Crippen MR) is 250 cm³/mol. The fraction of sp³-hybridized carbons (Fsp3) is 0. The normalized spacial score (nSPS) is 10.6. The Kier molecular flexibility index (Phi) is 18.1. The molecule has 0 amide bonds.